The molecule has 1 atom stereocenters. The lowest BCUT2D eigenvalue weighted by molar-refractivity contribution is 0.0572. The molecule has 0 aromatic carbocycles. The number of aromatic amines is 1. The molecule has 0 radical (unpaired) electrons. The van der Waals surface area contributed by atoms with Crippen molar-refractivity contribution in [3.05, 3.63) is 41.1 Å². The van der Waals surface area contributed by atoms with Gasteiger partial charge in [-0.25, -0.2) is 4.98 Å². The molecule has 0 bridgehead atoms. The second-order valence-electron chi connectivity index (χ2n) is 6.76. The third kappa shape index (κ3) is 3.24. The molecule has 4 heterocycles. The summed E-state index contributed by atoms with van der Waals surface area (Å²) in [6.45, 7) is 8.00. The Kier molecular flexibility index (Phi) is 4.17. The van der Waals surface area contributed by atoms with Crippen molar-refractivity contribution in [2.75, 3.05) is 32.7 Å². The number of piperazine rings is 1. The topological polar surface area (TPSA) is 74.4 Å². The monoisotopic (exact) mass is 341 g/mol. The maximum atomic E-state index is 12.4. The molecule has 7 nitrogen and oxygen atoms in total. The van der Waals surface area contributed by atoms with Crippen molar-refractivity contribution in [3.63, 3.8) is 0 Å². The van der Waals surface area contributed by atoms with Gasteiger partial charge in [-0.2, -0.15) is 4.98 Å². The van der Waals surface area contributed by atoms with Gasteiger partial charge in [0.25, 0.3) is 5.91 Å². The lowest BCUT2D eigenvalue weighted by Crippen LogP contribution is -2.50. The van der Waals surface area contributed by atoms with E-state index in [0.717, 1.165) is 62.1 Å². The average Bonchev–Trinajstić information content (AvgIpc) is 3.24. The SMILES string of the molecule is Cc1nc(C)c2c(n1)O[C@H](CN1CCN(C(=O)c3ccc[nH]3)CC1)C2. The Bertz CT molecular complexity index is 766. The molecule has 0 saturated carbocycles. The normalized spacial score (nSPS) is 20.4. The summed E-state index contributed by atoms with van der Waals surface area (Å²) in [5.74, 6) is 1.58. The Hall–Kier alpha value is -2.41. The fraction of sp³-hybridized carbons (Fsp3) is 0.500. The number of rotatable bonds is 3. The number of fused-ring (bicyclic) bond motifs is 1. The second-order valence-corrected chi connectivity index (χ2v) is 6.76. The van der Waals surface area contributed by atoms with E-state index in [1.165, 1.54) is 0 Å². The highest BCUT2D eigenvalue weighted by Crippen LogP contribution is 2.29. The van der Waals surface area contributed by atoms with Crippen LogP contribution in [0.4, 0.5) is 0 Å². The molecule has 2 aromatic rings. The van der Waals surface area contributed by atoms with E-state index in [2.05, 4.69) is 19.9 Å². The van der Waals surface area contributed by atoms with Gasteiger partial charge in [-0.05, 0) is 26.0 Å². The standard InChI is InChI=1S/C18H23N5O2/c1-12-15-10-14(25-17(15)21-13(2)20-12)11-22-6-8-23(9-7-22)18(24)16-4-3-5-19-16/h3-5,14,19H,6-11H2,1-2H3/t14-/m0/s1. The van der Waals surface area contributed by atoms with Gasteiger partial charge in [0.1, 0.15) is 17.6 Å². The first-order valence-corrected chi connectivity index (χ1v) is 8.76. The summed E-state index contributed by atoms with van der Waals surface area (Å²) in [6.07, 6.45) is 2.77. The van der Waals surface area contributed by atoms with Gasteiger partial charge in [-0.1, -0.05) is 0 Å². The minimum absolute atomic E-state index is 0.0792. The van der Waals surface area contributed by atoms with Gasteiger partial charge < -0.3 is 14.6 Å². The van der Waals surface area contributed by atoms with Gasteiger partial charge in [-0.15, -0.1) is 0 Å². The number of carbonyl (C=O) groups is 1. The molecule has 0 spiro atoms. The average molecular weight is 341 g/mol. The molecule has 0 unspecified atom stereocenters. The minimum atomic E-state index is 0.0792. The van der Waals surface area contributed by atoms with Crippen molar-refractivity contribution >= 4 is 5.91 Å². The molecule has 7 heteroatoms. The van der Waals surface area contributed by atoms with Crippen LogP contribution in [-0.4, -0.2) is 69.5 Å². The molecule has 25 heavy (non-hydrogen) atoms. The first-order valence-electron chi connectivity index (χ1n) is 8.76. The van der Waals surface area contributed by atoms with Crippen molar-refractivity contribution in [2.24, 2.45) is 0 Å². The molecule has 1 amide bonds. The van der Waals surface area contributed by atoms with Gasteiger partial charge in [0, 0.05) is 56.6 Å². The highest BCUT2D eigenvalue weighted by molar-refractivity contribution is 5.92. The number of hydrogen-bond donors (Lipinski definition) is 1. The number of carbonyl (C=O) groups excluding carboxylic acids is 1. The lowest BCUT2D eigenvalue weighted by Gasteiger charge is -2.35. The van der Waals surface area contributed by atoms with Gasteiger partial charge >= 0.3 is 0 Å². The Balaban J connectivity index is 1.31. The predicted molar refractivity (Wildman–Crippen MR) is 92.8 cm³/mol. The van der Waals surface area contributed by atoms with E-state index < -0.39 is 0 Å². The highest BCUT2D eigenvalue weighted by Gasteiger charge is 2.30. The van der Waals surface area contributed by atoms with Crippen LogP contribution in [0.25, 0.3) is 0 Å². The van der Waals surface area contributed by atoms with Crippen LogP contribution in [0.2, 0.25) is 0 Å². The summed E-state index contributed by atoms with van der Waals surface area (Å²) in [7, 11) is 0. The molecule has 2 aromatic heterocycles. The Morgan fingerprint density at radius 3 is 2.80 bits per heavy atom. The van der Waals surface area contributed by atoms with E-state index >= 15 is 0 Å². The van der Waals surface area contributed by atoms with E-state index in [4.69, 9.17) is 4.74 Å². The largest absolute Gasteiger partial charge is 0.472 e. The molecule has 2 aliphatic heterocycles. The van der Waals surface area contributed by atoms with E-state index in [9.17, 15) is 4.79 Å². The third-order valence-corrected chi connectivity index (χ3v) is 4.95. The van der Waals surface area contributed by atoms with E-state index in [1.54, 1.807) is 6.20 Å². The number of hydrogen-bond acceptors (Lipinski definition) is 5. The van der Waals surface area contributed by atoms with Crippen molar-refractivity contribution in [1.82, 2.24) is 24.8 Å². The van der Waals surface area contributed by atoms with Crippen LogP contribution >= 0.6 is 0 Å². The summed E-state index contributed by atoms with van der Waals surface area (Å²) >= 11 is 0. The van der Waals surface area contributed by atoms with Crippen LogP contribution in [0.5, 0.6) is 5.88 Å². The summed E-state index contributed by atoms with van der Waals surface area (Å²) < 4.78 is 6.03. The van der Waals surface area contributed by atoms with E-state index in [1.807, 2.05) is 30.9 Å². The molecule has 0 aliphatic carbocycles. The van der Waals surface area contributed by atoms with E-state index in [0.29, 0.717) is 5.69 Å². The molecular weight excluding hydrogens is 318 g/mol. The van der Waals surface area contributed by atoms with Crippen molar-refractivity contribution in [3.8, 4) is 5.88 Å². The van der Waals surface area contributed by atoms with Gasteiger partial charge in [0.2, 0.25) is 5.88 Å². The molecule has 4 rings (SSSR count). The van der Waals surface area contributed by atoms with Crippen molar-refractivity contribution in [2.45, 2.75) is 26.4 Å². The molecule has 2 aliphatic rings. The Morgan fingerprint density at radius 1 is 1.28 bits per heavy atom. The molecular formula is C18H23N5O2. The van der Waals surface area contributed by atoms with Crippen LogP contribution in [0.3, 0.4) is 0 Å². The lowest BCUT2D eigenvalue weighted by atomic mass is 10.1. The molecule has 1 fully saturated rings. The second kappa shape index (κ2) is 6.48. The third-order valence-electron chi connectivity index (χ3n) is 4.95. The van der Waals surface area contributed by atoms with Crippen LogP contribution in [0.15, 0.2) is 18.3 Å². The van der Waals surface area contributed by atoms with Gasteiger partial charge in [0.05, 0.1) is 0 Å². The Morgan fingerprint density at radius 2 is 2.08 bits per heavy atom. The van der Waals surface area contributed by atoms with Crippen molar-refractivity contribution in [1.29, 1.82) is 0 Å². The number of nitrogens with zero attached hydrogens (tertiary/aromatic N) is 4. The summed E-state index contributed by atoms with van der Waals surface area (Å²) in [5, 5.41) is 0. The van der Waals surface area contributed by atoms with Gasteiger partial charge in [0.15, 0.2) is 0 Å². The predicted octanol–water partition coefficient (Wildman–Crippen LogP) is 1.18. The summed E-state index contributed by atoms with van der Waals surface area (Å²) in [6, 6.07) is 3.68. The zero-order chi connectivity index (χ0) is 17.4. The number of ether oxygens (including phenoxy) is 1. The number of aryl methyl sites for hydroxylation is 2. The van der Waals surface area contributed by atoms with Crippen LogP contribution < -0.4 is 4.74 Å². The maximum absolute atomic E-state index is 12.4. The summed E-state index contributed by atoms with van der Waals surface area (Å²) in [5.41, 5.74) is 2.81. The first-order chi connectivity index (χ1) is 12.1. The quantitative estimate of drug-likeness (QED) is 0.907. The fourth-order valence-electron chi connectivity index (χ4n) is 3.62. The van der Waals surface area contributed by atoms with E-state index in [-0.39, 0.29) is 12.0 Å². The number of aromatic nitrogens is 3. The smallest absolute Gasteiger partial charge is 0.270 e. The first kappa shape index (κ1) is 16.1. The van der Waals surface area contributed by atoms with Crippen molar-refractivity contribution < 1.29 is 9.53 Å². The zero-order valence-electron chi connectivity index (χ0n) is 14.7. The Labute approximate surface area is 147 Å². The minimum Gasteiger partial charge on any atom is -0.472 e. The molecule has 1 N–H and O–H groups in total. The fourth-order valence-corrected chi connectivity index (χ4v) is 3.62. The highest BCUT2D eigenvalue weighted by atomic mass is 16.5. The number of amides is 1. The maximum Gasteiger partial charge on any atom is 0.270 e. The summed E-state index contributed by atoms with van der Waals surface area (Å²) in [4.78, 5) is 28.5. The zero-order valence-corrected chi connectivity index (χ0v) is 14.7. The van der Waals surface area contributed by atoms with Crippen LogP contribution in [-0.2, 0) is 6.42 Å². The molecule has 1 saturated heterocycles. The number of nitrogens with one attached hydrogen (secondary N) is 1. The van der Waals surface area contributed by atoms with Crippen LogP contribution in [0.1, 0.15) is 27.6 Å². The molecule has 132 valence electrons. The van der Waals surface area contributed by atoms with Crippen LogP contribution in [0, 0.1) is 13.8 Å². The number of H-pyrrole nitrogens is 1. The van der Waals surface area contributed by atoms with Gasteiger partial charge in [-0.3, -0.25) is 9.69 Å².